The second-order valence-corrected chi connectivity index (χ2v) is 7.48. The zero-order valence-corrected chi connectivity index (χ0v) is 12.8. The van der Waals surface area contributed by atoms with E-state index in [4.69, 9.17) is 0 Å². The molecule has 0 saturated carbocycles. The normalized spacial score (nSPS) is 17.7. The Labute approximate surface area is 119 Å². The number of nitrogens with zero attached hydrogens (tertiary/aromatic N) is 1. The molecule has 1 aliphatic rings. The standard InChI is InChI=1S/C12H21N3O2S2/c1-11-9-18-10-12(11)8-14-19(16,17)7-6-15-4-2-13-3-5-15/h9-10,13-14H,2-8H2,1H3. The molecule has 1 fully saturated rings. The fourth-order valence-electron chi connectivity index (χ4n) is 2.01. The van der Waals surface area contributed by atoms with E-state index in [0.29, 0.717) is 13.1 Å². The third kappa shape index (κ3) is 4.85. The molecule has 5 nitrogen and oxygen atoms in total. The van der Waals surface area contributed by atoms with Gasteiger partial charge in [-0.25, -0.2) is 13.1 Å². The number of rotatable bonds is 6. The summed E-state index contributed by atoms with van der Waals surface area (Å²) in [6, 6.07) is 0. The molecule has 1 aliphatic heterocycles. The predicted molar refractivity (Wildman–Crippen MR) is 79.0 cm³/mol. The Balaban J connectivity index is 1.76. The van der Waals surface area contributed by atoms with Gasteiger partial charge in [0.05, 0.1) is 5.75 Å². The van der Waals surface area contributed by atoms with Gasteiger partial charge in [0.2, 0.25) is 10.0 Å². The number of hydrogen-bond donors (Lipinski definition) is 2. The summed E-state index contributed by atoms with van der Waals surface area (Å²) < 4.78 is 26.5. The highest BCUT2D eigenvalue weighted by Gasteiger charge is 2.15. The summed E-state index contributed by atoms with van der Waals surface area (Å²) in [4.78, 5) is 2.19. The summed E-state index contributed by atoms with van der Waals surface area (Å²) in [5, 5.41) is 7.28. The van der Waals surface area contributed by atoms with Gasteiger partial charge in [0.1, 0.15) is 0 Å². The van der Waals surface area contributed by atoms with Gasteiger partial charge in [-0.15, -0.1) is 0 Å². The van der Waals surface area contributed by atoms with Crippen molar-refractivity contribution in [3.63, 3.8) is 0 Å². The van der Waals surface area contributed by atoms with Crippen LogP contribution in [0.25, 0.3) is 0 Å². The monoisotopic (exact) mass is 303 g/mol. The van der Waals surface area contributed by atoms with Crippen molar-refractivity contribution in [2.24, 2.45) is 0 Å². The smallest absolute Gasteiger partial charge is 0.213 e. The topological polar surface area (TPSA) is 61.4 Å². The third-order valence-electron chi connectivity index (χ3n) is 3.33. The Morgan fingerprint density at radius 2 is 2.11 bits per heavy atom. The zero-order chi connectivity index (χ0) is 13.7. The maximum Gasteiger partial charge on any atom is 0.213 e. The summed E-state index contributed by atoms with van der Waals surface area (Å²) in [5.41, 5.74) is 2.21. The molecule has 2 N–H and O–H groups in total. The third-order valence-corrected chi connectivity index (χ3v) is 5.54. The van der Waals surface area contributed by atoms with Crippen LogP contribution in [0.15, 0.2) is 10.8 Å². The predicted octanol–water partition coefficient (Wildman–Crippen LogP) is 0.381. The molecule has 1 saturated heterocycles. The van der Waals surface area contributed by atoms with Crippen LogP contribution in [-0.4, -0.2) is 51.8 Å². The highest BCUT2D eigenvalue weighted by Crippen LogP contribution is 2.13. The summed E-state index contributed by atoms with van der Waals surface area (Å²) in [6.07, 6.45) is 0. The van der Waals surface area contributed by atoms with Crippen molar-refractivity contribution < 1.29 is 8.42 Å². The molecular weight excluding hydrogens is 282 g/mol. The van der Waals surface area contributed by atoms with E-state index in [-0.39, 0.29) is 5.75 Å². The molecule has 2 heterocycles. The van der Waals surface area contributed by atoms with Gasteiger partial charge in [-0.05, 0) is 28.8 Å². The van der Waals surface area contributed by atoms with E-state index in [9.17, 15) is 8.42 Å². The van der Waals surface area contributed by atoms with Gasteiger partial charge in [-0.3, -0.25) is 4.90 Å². The van der Waals surface area contributed by atoms with Crippen molar-refractivity contribution in [2.75, 3.05) is 38.5 Å². The maximum absolute atomic E-state index is 11.9. The largest absolute Gasteiger partial charge is 0.314 e. The minimum Gasteiger partial charge on any atom is -0.314 e. The lowest BCUT2D eigenvalue weighted by Gasteiger charge is -2.26. The summed E-state index contributed by atoms with van der Waals surface area (Å²) in [5.74, 6) is 0.177. The van der Waals surface area contributed by atoms with Crippen molar-refractivity contribution in [1.29, 1.82) is 0 Å². The van der Waals surface area contributed by atoms with Crippen molar-refractivity contribution in [1.82, 2.24) is 14.9 Å². The zero-order valence-electron chi connectivity index (χ0n) is 11.2. The van der Waals surface area contributed by atoms with E-state index in [1.54, 1.807) is 11.3 Å². The van der Waals surface area contributed by atoms with Crippen molar-refractivity contribution in [2.45, 2.75) is 13.5 Å². The van der Waals surface area contributed by atoms with Gasteiger partial charge >= 0.3 is 0 Å². The average molecular weight is 303 g/mol. The molecule has 0 amide bonds. The number of nitrogens with one attached hydrogen (secondary N) is 2. The van der Waals surface area contributed by atoms with Crippen molar-refractivity contribution in [3.8, 4) is 0 Å². The van der Waals surface area contributed by atoms with Gasteiger partial charge in [-0.1, -0.05) is 0 Å². The van der Waals surface area contributed by atoms with Crippen LogP contribution in [0.5, 0.6) is 0 Å². The summed E-state index contributed by atoms with van der Waals surface area (Å²) in [7, 11) is -3.18. The quantitative estimate of drug-likeness (QED) is 0.798. The number of sulfonamides is 1. The van der Waals surface area contributed by atoms with Gasteiger partial charge in [0.15, 0.2) is 0 Å². The fourth-order valence-corrected chi connectivity index (χ4v) is 3.89. The number of aryl methyl sites for hydroxylation is 1. The van der Waals surface area contributed by atoms with Crippen molar-refractivity contribution in [3.05, 3.63) is 21.9 Å². The molecule has 0 aliphatic carbocycles. The molecule has 0 radical (unpaired) electrons. The molecule has 2 rings (SSSR count). The lowest BCUT2D eigenvalue weighted by Crippen LogP contribution is -2.45. The molecular formula is C12H21N3O2S2. The first-order valence-corrected chi connectivity index (χ1v) is 9.08. The highest BCUT2D eigenvalue weighted by molar-refractivity contribution is 7.89. The van der Waals surface area contributed by atoms with Gasteiger partial charge < -0.3 is 5.32 Å². The van der Waals surface area contributed by atoms with E-state index in [1.165, 1.54) is 0 Å². The highest BCUT2D eigenvalue weighted by atomic mass is 32.2. The van der Waals surface area contributed by atoms with Gasteiger partial charge in [-0.2, -0.15) is 11.3 Å². The van der Waals surface area contributed by atoms with Crippen LogP contribution in [0.3, 0.4) is 0 Å². The SMILES string of the molecule is Cc1cscc1CNS(=O)(=O)CCN1CCNCC1. The Hall–Kier alpha value is -0.470. The molecule has 19 heavy (non-hydrogen) atoms. The molecule has 0 aromatic carbocycles. The van der Waals surface area contributed by atoms with Crippen molar-refractivity contribution >= 4 is 21.4 Å². The number of piperazine rings is 1. The van der Waals surface area contributed by atoms with E-state index in [2.05, 4.69) is 14.9 Å². The van der Waals surface area contributed by atoms with Crippen LogP contribution >= 0.6 is 11.3 Å². The molecule has 7 heteroatoms. The lowest BCUT2D eigenvalue weighted by molar-refractivity contribution is 0.253. The fraction of sp³-hybridized carbons (Fsp3) is 0.667. The maximum atomic E-state index is 11.9. The van der Waals surface area contributed by atoms with Crippen LogP contribution in [0.1, 0.15) is 11.1 Å². The van der Waals surface area contributed by atoms with Gasteiger partial charge in [0, 0.05) is 39.3 Å². The van der Waals surface area contributed by atoms with Crippen LogP contribution in [0, 0.1) is 6.92 Å². The molecule has 0 unspecified atom stereocenters. The molecule has 0 bridgehead atoms. The first kappa shape index (κ1) is 14.9. The van der Waals surface area contributed by atoms with E-state index >= 15 is 0 Å². The molecule has 1 aromatic heterocycles. The second kappa shape index (κ2) is 6.81. The Morgan fingerprint density at radius 1 is 1.37 bits per heavy atom. The van der Waals surface area contributed by atoms with Gasteiger partial charge in [0.25, 0.3) is 0 Å². The van der Waals surface area contributed by atoms with Crippen LogP contribution in [0.2, 0.25) is 0 Å². The molecule has 0 spiro atoms. The number of hydrogen-bond acceptors (Lipinski definition) is 5. The Kier molecular flexibility index (Phi) is 5.35. The van der Waals surface area contributed by atoms with Crippen LogP contribution in [-0.2, 0) is 16.6 Å². The van der Waals surface area contributed by atoms with Crippen LogP contribution in [0.4, 0.5) is 0 Å². The Morgan fingerprint density at radius 3 is 2.74 bits per heavy atom. The summed E-state index contributed by atoms with van der Waals surface area (Å²) in [6.45, 7) is 6.77. The number of thiophene rings is 1. The molecule has 108 valence electrons. The molecule has 0 atom stereocenters. The second-order valence-electron chi connectivity index (χ2n) is 4.81. The average Bonchev–Trinajstić information content (AvgIpc) is 2.81. The van der Waals surface area contributed by atoms with E-state index < -0.39 is 10.0 Å². The van der Waals surface area contributed by atoms with Crippen LogP contribution < -0.4 is 10.0 Å². The lowest BCUT2D eigenvalue weighted by atomic mass is 10.2. The minimum absolute atomic E-state index is 0.177. The van der Waals surface area contributed by atoms with E-state index in [0.717, 1.165) is 37.3 Å². The van der Waals surface area contributed by atoms with E-state index in [1.807, 2.05) is 17.7 Å². The minimum atomic E-state index is -3.18. The first-order chi connectivity index (χ1) is 9.07. The first-order valence-electron chi connectivity index (χ1n) is 6.49. The summed E-state index contributed by atoms with van der Waals surface area (Å²) >= 11 is 1.60. The Bertz CT molecular complexity index is 493. The molecule has 1 aromatic rings.